The fourth-order valence-electron chi connectivity index (χ4n) is 7.89. The molecule has 1 unspecified atom stereocenters. The summed E-state index contributed by atoms with van der Waals surface area (Å²) >= 11 is 4.18. The Bertz CT molecular complexity index is 1010. The number of hydrogen-bond donors (Lipinski definition) is 0. The monoisotopic (exact) mass is 472 g/mol. The molecule has 3 saturated heterocycles. The SMILES string of the molecule is COc1cc2c(cc1OC)[C@@]13CCN4CC5=CCO[C@H]6CC(=O)N2[C@H]1[C@H]6[C@H]5C(Br)[C@H]43. The molecule has 5 heterocycles. The van der Waals surface area contributed by atoms with Crippen LogP contribution >= 0.6 is 15.9 Å². The first-order chi connectivity index (χ1) is 14.6. The van der Waals surface area contributed by atoms with E-state index in [1.54, 1.807) is 14.2 Å². The fraction of sp³-hybridized carbons (Fsp3) is 0.609. The molecule has 7 heteroatoms. The molecule has 0 radical (unpaired) electrons. The van der Waals surface area contributed by atoms with Crippen molar-refractivity contribution in [2.45, 2.75) is 41.3 Å². The van der Waals surface area contributed by atoms with Crippen LogP contribution in [0.15, 0.2) is 23.8 Å². The van der Waals surface area contributed by atoms with Crippen LogP contribution in [0.2, 0.25) is 0 Å². The van der Waals surface area contributed by atoms with E-state index in [-0.39, 0.29) is 23.5 Å². The largest absolute Gasteiger partial charge is 0.493 e. The highest BCUT2D eigenvalue weighted by molar-refractivity contribution is 9.09. The number of carbonyl (C=O) groups excluding carboxylic acids is 1. The van der Waals surface area contributed by atoms with Crippen molar-refractivity contribution in [1.82, 2.24) is 4.90 Å². The van der Waals surface area contributed by atoms with E-state index in [2.05, 4.69) is 37.9 Å². The van der Waals surface area contributed by atoms with Gasteiger partial charge in [-0.15, -0.1) is 0 Å². The molecule has 6 aliphatic rings. The van der Waals surface area contributed by atoms with Crippen molar-refractivity contribution >= 4 is 27.5 Å². The molecule has 5 aliphatic heterocycles. The van der Waals surface area contributed by atoms with E-state index < -0.39 is 0 Å². The van der Waals surface area contributed by atoms with Crippen molar-refractivity contribution in [3.63, 3.8) is 0 Å². The van der Waals surface area contributed by atoms with E-state index in [9.17, 15) is 4.79 Å². The average molecular weight is 473 g/mol. The van der Waals surface area contributed by atoms with Crippen LogP contribution in [-0.4, -0.2) is 67.7 Å². The van der Waals surface area contributed by atoms with Crippen molar-refractivity contribution in [3.8, 4) is 11.5 Å². The molecule has 1 saturated carbocycles. The second-order valence-corrected chi connectivity index (χ2v) is 10.6. The molecule has 7 rings (SSSR count). The number of anilines is 1. The lowest BCUT2D eigenvalue weighted by Crippen LogP contribution is -2.72. The summed E-state index contributed by atoms with van der Waals surface area (Å²) in [5.41, 5.74) is 3.67. The molecule has 7 atom stereocenters. The van der Waals surface area contributed by atoms with Gasteiger partial charge >= 0.3 is 0 Å². The van der Waals surface area contributed by atoms with Crippen LogP contribution in [0.3, 0.4) is 0 Å². The summed E-state index contributed by atoms with van der Waals surface area (Å²) in [5.74, 6) is 2.34. The van der Waals surface area contributed by atoms with Gasteiger partial charge in [0.2, 0.25) is 5.91 Å². The van der Waals surface area contributed by atoms with Gasteiger partial charge in [0.1, 0.15) is 0 Å². The number of hydrogen-bond acceptors (Lipinski definition) is 5. The quantitative estimate of drug-likeness (QED) is 0.488. The maximum absolute atomic E-state index is 13.5. The second kappa shape index (κ2) is 5.81. The van der Waals surface area contributed by atoms with E-state index in [0.717, 1.165) is 30.9 Å². The molecule has 0 aromatic heterocycles. The first-order valence-electron chi connectivity index (χ1n) is 10.9. The zero-order valence-corrected chi connectivity index (χ0v) is 18.7. The number of amides is 1. The van der Waals surface area contributed by atoms with Crippen LogP contribution in [0, 0.1) is 11.8 Å². The lowest BCUT2D eigenvalue weighted by Gasteiger charge is -2.60. The fourth-order valence-corrected chi connectivity index (χ4v) is 9.39. The van der Waals surface area contributed by atoms with Crippen molar-refractivity contribution in [2.24, 2.45) is 11.8 Å². The van der Waals surface area contributed by atoms with Crippen LogP contribution in [-0.2, 0) is 14.9 Å². The normalized spacial score (nSPS) is 42.6. The average Bonchev–Trinajstić information content (AvgIpc) is 3.20. The smallest absolute Gasteiger partial charge is 0.229 e. The number of piperidine rings is 2. The molecule has 30 heavy (non-hydrogen) atoms. The molecule has 6 nitrogen and oxygen atoms in total. The maximum Gasteiger partial charge on any atom is 0.229 e. The van der Waals surface area contributed by atoms with Gasteiger partial charge in [-0.2, -0.15) is 0 Å². The van der Waals surface area contributed by atoms with Gasteiger partial charge in [0.15, 0.2) is 11.5 Å². The first-order valence-corrected chi connectivity index (χ1v) is 11.8. The van der Waals surface area contributed by atoms with Crippen LogP contribution < -0.4 is 14.4 Å². The predicted molar refractivity (Wildman–Crippen MR) is 115 cm³/mol. The summed E-state index contributed by atoms with van der Waals surface area (Å²) in [6.07, 6.45) is 3.79. The van der Waals surface area contributed by atoms with E-state index in [1.807, 2.05) is 6.07 Å². The Morgan fingerprint density at radius 1 is 1.20 bits per heavy atom. The summed E-state index contributed by atoms with van der Waals surface area (Å²) in [4.78, 5) is 18.7. The highest BCUT2D eigenvalue weighted by atomic mass is 79.9. The molecule has 0 N–H and O–H groups in total. The third kappa shape index (κ3) is 1.84. The standard InChI is InChI=1S/C23H25BrN2O4/c1-28-14-7-12-13(8-15(14)29-2)26-17(27)9-16-19-18-11(3-6-30-16)10-25-5-4-23(12,21(19)26)22(25)20(18)24/h3,7-8,16,18-22H,4-6,9-10H2,1-2H3/t16-,18-,19+,20?,21-,22-,23-/m0/s1. The third-order valence-electron chi connectivity index (χ3n) is 8.77. The number of halogens is 1. The molecule has 1 aromatic rings. The third-order valence-corrected chi connectivity index (χ3v) is 9.84. The second-order valence-electron chi connectivity index (χ2n) is 9.54. The molecule has 1 aliphatic carbocycles. The lowest BCUT2D eigenvalue weighted by atomic mass is 9.53. The number of methoxy groups -OCH3 is 2. The zero-order chi connectivity index (χ0) is 20.4. The van der Waals surface area contributed by atoms with Gasteiger partial charge in [0, 0.05) is 40.7 Å². The molecule has 1 spiro atoms. The number of benzene rings is 1. The molecule has 158 valence electrons. The highest BCUT2D eigenvalue weighted by Gasteiger charge is 2.73. The predicted octanol–water partition coefficient (Wildman–Crippen LogP) is 2.48. The summed E-state index contributed by atoms with van der Waals surface area (Å²) in [7, 11) is 3.35. The van der Waals surface area contributed by atoms with E-state index >= 15 is 0 Å². The molecule has 1 aromatic carbocycles. The summed E-state index contributed by atoms with van der Waals surface area (Å²) in [6, 6.07) is 4.68. The summed E-state index contributed by atoms with van der Waals surface area (Å²) in [6.45, 7) is 2.70. The summed E-state index contributed by atoms with van der Waals surface area (Å²) in [5, 5.41) is 0. The van der Waals surface area contributed by atoms with Gasteiger partial charge in [0.05, 0.1) is 45.1 Å². The van der Waals surface area contributed by atoms with Crippen molar-refractivity contribution in [3.05, 3.63) is 29.3 Å². The molecule has 4 fully saturated rings. The Kier molecular flexibility index (Phi) is 3.49. The van der Waals surface area contributed by atoms with Crippen molar-refractivity contribution in [1.29, 1.82) is 0 Å². The van der Waals surface area contributed by atoms with Crippen LogP contribution in [0.25, 0.3) is 0 Å². The van der Waals surface area contributed by atoms with Gasteiger partial charge in [-0.1, -0.05) is 27.6 Å². The summed E-state index contributed by atoms with van der Waals surface area (Å²) < 4.78 is 17.6. The number of ether oxygens (including phenoxy) is 3. The van der Waals surface area contributed by atoms with Gasteiger partial charge < -0.3 is 19.1 Å². The van der Waals surface area contributed by atoms with Crippen LogP contribution in [0.5, 0.6) is 11.5 Å². The minimum Gasteiger partial charge on any atom is -0.493 e. The minimum absolute atomic E-state index is 0.0133. The topological polar surface area (TPSA) is 51.2 Å². The number of alkyl halides is 1. The van der Waals surface area contributed by atoms with E-state index in [4.69, 9.17) is 14.2 Å². The molecular weight excluding hydrogens is 448 g/mol. The number of fused-ring (bicyclic) bond motifs is 2. The number of nitrogens with zero attached hydrogens (tertiary/aromatic N) is 2. The zero-order valence-electron chi connectivity index (χ0n) is 17.1. The Balaban J connectivity index is 1.54. The highest BCUT2D eigenvalue weighted by Crippen LogP contribution is 2.67. The van der Waals surface area contributed by atoms with Gasteiger partial charge in [-0.05, 0) is 24.6 Å². The van der Waals surface area contributed by atoms with E-state index in [0.29, 0.717) is 41.5 Å². The van der Waals surface area contributed by atoms with Gasteiger partial charge in [0.25, 0.3) is 0 Å². The Hall–Kier alpha value is -1.57. The van der Waals surface area contributed by atoms with Crippen LogP contribution in [0.4, 0.5) is 5.69 Å². The Labute approximate surface area is 184 Å². The Morgan fingerprint density at radius 2 is 2.00 bits per heavy atom. The Morgan fingerprint density at radius 3 is 2.80 bits per heavy atom. The molecule has 1 amide bonds. The maximum atomic E-state index is 13.5. The van der Waals surface area contributed by atoms with Crippen molar-refractivity contribution in [2.75, 3.05) is 38.8 Å². The van der Waals surface area contributed by atoms with Crippen molar-refractivity contribution < 1.29 is 19.0 Å². The number of carbonyl (C=O) groups is 1. The van der Waals surface area contributed by atoms with Gasteiger partial charge in [-0.3, -0.25) is 9.69 Å². The lowest BCUT2D eigenvalue weighted by molar-refractivity contribution is -0.131. The van der Waals surface area contributed by atoms with Crippen LogP contribution in [0.1, 0.15) is 18.4 Å². The first kappa shape index (κ1) is 18.0. The van der Waals surface area contributed by atoms with Gasteiger partial charge in [-0.25, -0.2) is 0 Å². The molecular formula is C23H25BrN2O4. The minimum atomic E-state index is -0.0994. The van der Waals surface area contributed by atoms with E-state index in [1.165, 1.54) is 11.1 Å². The molecule has 2 bridgehead atoms. The number of rotatable bonds is 2.